The van der Waals surface area contributed by atoms with Crippen LogP contribution in [0.2, 0.25) is 0 Å². The Morgan fingerprint density at radius 1 is 1.50 bits per heavy atom. The fraction of sp³-hybridized carbons (Fsp3) is 0.571. The first-order valence-electron chi connectivity index (χ1n) is 3.73. The third kappa shape index (κ3) is 3.52. The van der Waals surface area contributed by atoms with E-state index >= 15 is 0 Å². The molecule has 4 nitrogen and oxygen atoms in total. The normalized spacial score (nSPS) is 11.8. The van der Waals surface area contributed by atoms with Crippen molar-refractivity contribution in [1.29, 1.82) is 0 Å². The zero-order chi connectivity index (χ0) is 9.03. The van der Waals surface area contributed by atoms with E-state index in [1.807, 2.05) is 12.3 Å². The Hall–Kier alpha value is -0.840. The molecule has 0 radical (unpaired) electrons. The Bertz CT molecular complexity index is 315. The highest BCUT2D eigenvalue weighted by molar-refractivity contribution is 7.90. The number of aromatic nitrogens is 2. The lowest BCUT2D eigenvalue weighted by Gasteiger charge is -1.99. The summed E-state index contributed by atoms with van der Waals surface area (Å²) in [5, 5.41) is 3.96. The molecular weight excluding hydrogens is 176 g/mol. The Labute approximate surface area is 72.1 Å². The van der Waals surface area contributed by atoms with E-state index in [-0.39, 0.29) is 5.75 Å². The maximum Gasteiger partial charge on any atom is 0.147 e. The van der Waals surface area contributed by atoms with Gasteiger partial charge in [-0.15, -0.1) is 0 Å². The molecule has 0 aliphatic heterocycles. The highest BCUT2D eigenvalue weighted by atomic mass is 32.2. The summed E-state index contributed by atoms with van der Waals surface area (Å²) in [6, 6.07) is 1.82. The van der Waals surface area contributed by atoms with Gasteiger partial charge >= 0.3 is 0 Å². The number of hydrogen-bond acceptors (Lipinski definition) is 3. The van der Waals surface area contributed by atoms with Crippen LogP contribution in [0.15, 0.2) is 18.5 Å². The van der Waals surface area contributed by atoms with Gasteiger partial charge < -0.3 is 0 Å². The number of rotatable bonds is 4. The van der Waals surface area contributed by atoms with Crippen LogP contribution in [0.25, 0.3) is 0 Å². The van der Waals surface area contributed by atoms with Gasteiger partial charge in [-0.2, -0.15) is 5.10 Å². The van der Waals surface area contributed by atoms with E-state index in [9.17, 15) is 8.42 Å². The molecule has 68 valence electrons. The van der Waals surface area contributed by atoms with Gasteiger partial charge in [0.1, 0.15) is 9.84 Å². The second kappa shape index (κ2) is 3.71. The molecule has 1 heterocycles. The third-order valence-electron chi connectivity index (χ3n) is 1.46. The van der Waals surface area contributed by atoms with Crippen LogP contribution in [0.5, 0.6) is 0 Å². The zero-order valence-electron chi connectivity index (χ0n) is 6.97. The average molecular weight is 188 g/mol. The van der Waals surface area contributed by atoms with Crippen molar-refractivity contribution >= 4 is 9.84 Å². The maximum absolute atomic E-state index is 10.7. The highest BCUT2D eigenvalue weighted by Crippen LogP contribution is 1.93. The van der Waals surface area contributed by atoms with Crippen LogP contribution in [0, 0.1) is 0 Å². The molecule has 0 saturated heterocycles. The predicted octanol–water partition coefficient (Wildman–Crippen LogP) is 0.318. The van der Waals surface area contributed by atoms with Crippen molar-refractivity contribution in [2.75, 3.05) is 12.0 Å². The minimum Gasteiger partial charge on any atom is -0.273 e. The van der Waals surface area contributed by atoms with Crippen molar-refractivity contribution in [3.8, 4) is 0 Å². The second-order valence-electron chi connectivity index (χ2n) is 2.75. The minimum atomic E-state index is -2.82. The Balaban J connectivity index is 2.29. The molecule has 0 aliphatic rings. The lowest BCUT2D eigenvalue weighted by molar-refractivity contribution is 0.576. The first kappa shape index (κ1) is 9.25. The summed E-state index contributed by atoms with van der Waals surface area (Å²) in [4.78, 5) is 0. The molecule has 5 heteroatoms. The van der Waals surface area contributed by atoms with Gasteiger partial charge in [0.15, 0.2) is 0 Å². The van der Waals surface area contributed by atoms with Crippen molar-refractivity contribution < 1.29 is 8.42 Å². The summed E-state index contributed by atoms with van der Waals surface area (Å²) in [5.74, 6) is 0.229. The van der Waals surface area contributed by atoms with Crippen molar-refractivity contribution in [2.45, 2.75) is 13.0 Å². The van der Waals surface area contributed by atoms with E-state index in [0.29, 0.717) is 13.0 Å². The fourth-order valence-electron chi connectivity index (χ4n) is 0.921. The maximum atomic E-state index is 10.7. The largest absolute Gasteiger partial charge is 0.273 e. The number of nitrogens with zero attached hydrogens (tertiary/aromatic N) is 2. The topological polar surface area (TPSA) is 52.0 Å². The highest BCUT2D eigenvalue weighted by Gasteiger charge is 2.00. The molecule has 0 aromatic carbocycles. The molecule has 0 amide bonds. The van der Waals surface area contributed by atoms with Crippen LogP contribution in [0.1, 0.15) is 6.42 Å². The second-order valence-corrected chi connectivity index (χ2v) is 5.01. The van der Waals surface area contributed by atoms with Crippen LogP contribution in [-0.2, 0) is 16.4 Å². The van der Waals surface area contributed by atoms with Crippen LogP contribution >= 0.6 is 0 Å². The molecule has 0 unspecified atom stereocenters. The van der Waals surface area contributed by atoms with E-state index in [4.69, 9.17) is 0 Å². The summed E-state index contributed by atoms with van der Waals surface area (Å²) < 4.78 is 23.2. The van der Waals surface area contributed by atoms with E-state index in [1.54, 1.807) is 10.9 Å². The molecule has 1 rings (SSSR count). The standard InChI is InChI=1S/C7H12N2O2S/c1-12(10,11)7-3-6-9-5-2-4-8-9/h2,4-5H,3,6-7H2,1H3. The van der Waals surface area contributed by atoms with Crippen molar-refractivity contribution in [1.82, 2.24) is 9.78 Å². The van der Waals surface area contributed by atoms with E-state index in [1.165, 1.54) is 6.26 Å². The van der Waals surface area contributed by atoms with Crippen LogP contribution < -0.4 is 0 Å². The number of aryl methyl sites for hydroxylation is 1. The number of sulfone groups is 1. The number of hydrogen-bond donors (Lipinski definition) is 0. The van der Waals surface area contributed by atoms with Crippen molar-refractivity contribution in [2.24, 2.45) is 0 Å². The lowest BCUT2D eigenvalue weighted by atomic mass is 10.5. The van der Waals surface area contributed by atoms with Gasteiger partial charge in [0, 0.05) is 25.2 Å². The lowest BCUT2D eigenvalue weighted by Crippen LogP contribution is -2.07. The molecule has 0 saturated carbocycles. The predicted molar refractivity (Wildman–Crippen MR) is 46.6 cm³/mol. The van der Waals surface area contributed by atoms with Crippen LogP contribution in [0.4, 0.5) is 0 Å². The van der Waals surface area contributed by atoms with Gasteiger partial charge in [0.25, 0.3) is 0 Å². The molecule has 1 aromatic heterocycles. The van der Waals surface area contributed by atoms with Crippen molar-refractivity contribution in [3.05, 3.63) is 18.5 Å². The van der Waals surface area contributed by atoms with Crippen LogP contribution in [0.3, 0.4) is 0 Å². The van der Waals surface area contributed by atoms with E-state index < -0.39 is 9.84 Å². The molecule has 0 spiro atoms. The Kier molecular flexibility index (Phi) is 2.86. The summed E-state index contributed by atoms with van der Waals surface area (Å²) in [6.45, 7) is 0.667. The first-order chi connectivity index (χ1) is 5.58. The Morgan fingerprint density at radius 3 is 2.75 bits per heavy atom. The fourth-order valence-corrected chi connectivity index (χ4v) is 1.57. The third-order valence-corrected chi connectivity index (χ3v) is 2.49. The van der Waals surface area contributed by atoms with Gasteiger partial charge in [0.05, 0.1) is 5.75 Å². The molecule has 0 fully saturated rings. The summed E-state index contributed by atoms with van der Waals surface area (Å²) in [7, 11) is -2.82. The summed E-state index contributed by atoms with van der Waals surface area (Å²) >= 11 is 0. The molecule has 12 heavy (non-hydrogen) atoms. The smallest absolute Gasteiger partial charge is 0.147 e. The zero-order valence-corrected chi connectivity index (χ0v) is 7.79. The first-order valence-corrected chi connectivity index (χ1v) is 5.79. The van der Waals surface area contributed by atoms with Gasteiger partial charge in [-0.1, -0.05) is 0 Å². The Morgan fingerprint density at radius 2 is 2.25 bits per heavy atom. The van der Waals surface area contributed by atoms with E-state index in [2.05, 4.69) is 5.10 Å². The van der Waals surface area contributed by atoms with Gasteiger partial charge in [-0.05, 0) is 12.5 Å². The molecule has 0 bridgehead atoms. The summed E-state index contributed by atoms with van der Waals surface area (Å²) in [6.07, 6.45) is 5.37. The molecular formula is C7H12N2O2S. The SMILES string of the molecule is CS(=O)(=O)CCCn1cccn1. The molecule has 0 aliphatic carbocycles. The van der Waals surface area contributed by atoms with Gasteiger partial charge in [0.2, 0.25) is 0 Å². The van der Waals surface area contributed by atoms with Crippen LogP contribution in [-0.4, -0.2) is 30.2 Å². The van der Waals surface area contributed by atoms with E-state index in [0.717, 1.165) is 0 Å². The van der Waals surface area contributed by atoms with Gasteiger partial charge in [-0.3, -0.25) is 4.68 Å². The summed E-state index contributed by atoms with van der Waals surface area (Å²) in [5.41, 5.74) is 0. The van der Waals surface area contributed by atoms with Gasteiger partial charge in [-0.25, -0.2) is 8.42 Å². The minimum absolute atomic E-state index is 0.229. The monoisotopic (exact) mass is 188 g/mol. The van der Waals surface area contributed by atoms with Crippen molar-refractivity contribution in [3.63, 3.8) is 0 Å². The molecule has 0 N–H and O–H groups in total. The molecule has 0 atom stereocenters. The quantitative estimate of drug-likeness (QED) is 0.683. The molecule has 1 aromatic rings. The average Bonchev–Trinajstić information content (AvgIpc) is 2.36.